The van der Waals surface area contributed by atoms with Crippen molar-refractivity contribution in [3.63, 3.8) is 0 Å². The molecule has 0 aliphatic rings. The van der Waals surface area contributed by atoms with Crippen molar-refractivity contribution < 1.29 is 17.9 Å². The molecule has 32 heavy (non-hydrogen) atoms. The Morgan fingerprint density at radius 2 is 1.53 bits per heavy atom. The Kier molecular flexibility index (Phi) is 7.74. The fourth-order valence-corrected chi connectivity index (χ4v) is 4.36. The Morgan fingerprint density at radius 1 is 0.969 bits per heavy atom. The van der Waals surface area contributed by atoms with E-state index in [1.165, 1.54) is 49.7 Å². The molecule has 0 radical (unpaired) electrons. The van der Waals surface area contributed by atoms with Gasteiger partial charge in [0, 0.05) is 10.0 Å². The van der Waals surface area contributed by atoms with Crippen molar-refractivity contribution in [2.24, 2.45) is 5.10 Å². The van der Waals surface area contributed by atoms with Gasteiger partial charge in [0.05, 0.1) is 23.9 Å². The number of ether oxygens (including phenoxy) is 1. The van der Waals surface area contributed by atoms with E-state index < -0.39 is 22.5 Å². The molecule has 166 valence electrons. The second-order valence-electron chi connectivity index (χ2n) is 6.51. The van der Waals surface area contributed by atoms with Crippen LogP contribution in [0, 0.1) is 0 Å². The third-order valence-electron chi connectivity index (χ3n) is 4.32. The summed E-state index contributed by atoms with van der Waals surface area (Å²) in [7, 11) is -2.58. The summed E-state index contributed by atoms with van der Waals surface area (Å²) >= 11 is 11.8. The molecule has 0 aromatic heterocycles. The summed E-state index contributed by atoms with van der Waals surface area (Å²) in [6.45, 7) is -0.492. The third-order valence-corrected chi connectivity index (χ3v) is 6.61. The Bertz CT molecular complexity index is 1200. The molecule has 0 spiro atoms. The van der Waals surface area contributed by atoms with Gasteiger partial charge in [-0.05, 0) is 66.2 Å². The molecule has 7 nitrogen and oxygen atoms in total. The average Bonchev–Trinajstić information content (AvgIpc) is 2.79. The fraction of sp³-hybridized carbons (Fsp3) is 0.0909. The lowest BCUT2D eigenvalue weighted by Gasteiger charge is -2.23. The van der Waals surface area contributed by atoms with Gasteiger partial charge in [-0.2, -0.15) is 5.10 Å². The Balaban J connectivity index is 1.83. The first-order valence-corrected chi connectivity index (χ1v) is 11.5. The van der Waals surface area contributed by atoms with Gasteiger partial charge in [-0.15, -0.1) is 0 Å². The van der Waals surface area contributed by atoms with Crippen LogP contribution >= 0.6 is 23.2 Å². The molecule has 0 saturated heterocycles. The predicted octanol–water partition coefficient (Wildman–Crippen LogP) is 4.35. The topological polar surface area (TPSA) is 88.1 Å². The van der Waals surface area contributed by atoms with Crippen LogP contribution in [0.3, 0.4) is 0 Å². The van der Waals surface area contributed by atoms with E-state index in [0.29, 0.717) is 15.8 Å². The number of nitrogens with zero attached hydrogens (tertiary/aromatic N) is 2. The third kappa shape index (κ3) is 6.00. The number of hydrogen-bond donors (Lipinski definition) is 1. The molecular weight excluding hydrogens is 473 g/mol. The number of sulfonamides is 1. The number of hydrazone groups is 1. The van der Waals surface area contributed by atoms with Crippen LogP contribution in [0.1, 0.15) is 5.56 Å². The number of halogens is 2. The zero-order chi connectivity index (χ0) is 23.1. The largest absolute Gasteiger partial charge is 0.497 e. The van der Waals surface area contributed by atoms with Gasteiger partial charge in [0.2, 0.25) is 0 Å². The molecule has 3 aromatic carbocycles. The van der Waals surface area contributed by atoms with Crippen molar-refractivity contribution in [1.29, 1.82) is 0 Å². The first-order chi connectivity index (χ1) is 15.3. The predicted molar refractivity (Wildman–Crippen MR) is 126 cm³/mol. The lowest BCUT2D eigenvalue weighted by atomic mass is 10.2. The summed E-state index contributed by atoms with van der Waals surface area (Å²) < 4.78 is 32.7. The molecule has 1 amide bonds. The van der Waals surface area contributed by atoms with E-state index in [9.17, 15) is 13.2 Å². The van der Waals surface area contributed by atoms with Crippen molar-refractivity contribution in [2.75, 3.05) is 18.0 Å². The minimum Gasteiger partial charge on any atom is -0.497 e. The van der Waals surface area contributed by atoms with Gasteiger partial charge in [0.15, 0.2) is 0 Å². The van der Waals surface area contributed by atoms with Gasteiger partial charge in [0.25, 0.3) is 15.9 Å². The molecule has 0 bridgehead atoms. The number of methoxy groups -OCH3 is 1. The number of rotatable bonds is 8. The van der Waals surface area contributed by atoms with Crippen molar-refractivity contribution in [1.82, 2.24) is 5.43 Å². The minimum absolute atomic E-state index is 0.00529. The number of amides is 1. The molecule has 0 fully saturated rings. The van der Waals surface area contributed by atoms with E-state index >= 15 is 0 Å². The van der Waals surface area contributed by atoms with Crippen LogP contribution in [0.5, 0.6) is 5.75 Å². The first-order valence-electron chi connectivity index (χ1n) is 9.29. The molecular formula is C22H19Cl2N3O4S. The van der Waals surface area contributed by atoms with Crippen molar-refractivity contribution in [3.8, 4) is 5.75 Å². The van der Waals surface area contributed by atoms with Gasteiger partial charge in [-0.25, -0.2) is 13.8 Å². The molecule has 0 unspecified atom stereocenters. The molecule has 0 saturated carbocycles. The van der Waals surface area contributed by atoms with E-state index in [1.807, 2.05) is 0 Å². The summed E-state index contributed by atoms with van der Waals surface area (Å²) in [5.41, 5.74) is 3.34. The normalized spacial score (nSPS) is 11.3. The maximum atomic E-state index is 13.3. The van der Waals surface area contributed by atoms with Crippen LogP contribution in [0.15, 0.2) is 82.8 Å². The van der Waals surface area contributed by atoms with Crippen molar-refractivity contribution >= 4 is 51.0 Å². The number of benzene rings is 3. The highest BCUT2D eigenvalue weighted by molar-refractivity contribution is 7.92. The molecule has 3 rings (SSSR count). The van der Waals surface area contributed by atoms with Crippen LogP contribution < -0.4 is 14.5 Å². The standard InChI is InChI=1S/C22H19Cl2N3O4S/c1-31-20-10-12-21(13-11-20)32(29,30)27(19-8-6-18(24)7-9-19)15-22(28)26-25-14-16-2-4-17(23)5-3-16/h2-14H,15H2,1H3,(H,26,28)/b25-14-. The molecule has 0 aliphatic carbocycles. The molecule has 1 N–H and O–H groups in total. The molecule has 0 atom stereocenters. The Hall–Kier alpha value is -3.07. The second-order valence-corrected chi connectivity index (χ2v) is 9.24. The quantitative estimate of drug-likeness (QED) is 0.374. The number of anilines is 1. The zero-order valence-corrected chi connectivity index (χ0v) is 19.2. The lowest BCUT2D eigenvalue weighted by molar-refractivity contribution is -0.119. The van der Waals surface area contributed by atoms with Gasteiger partial charge in [-0.3, -0.25) is 9.10 Å². The Morgan fingerprint density at radius 3 is 2.09 bits per heavy atom. The first kappa shape index (κ1) is 23.6. The fourth-order valence-electron chi connectivity index (χ4n) is 2.69. The molecule has 3 aromatic rings. The summed E-state index contributed by atoms with van der Waals surface area (Å²) in [6.07, 6.45) is 1.43. The molecule has 0 aliphatic heterocycles. The van der Waals surface area contributed by atoms with E-state index in [4.69, 9.17) is 27.9 Å². The lowest BCUT2D eigenvalue weighted by Crippen LogP contribution is -2.39. The van der Waals surface area contributed by atoms with Crippen LogP contribution in [-0.4, -0.2) is 34.2 Å². The maximum absolute atomic E-state index is 13.3. The van der Waals surface area contributed by atoms with Gasteiger partial charge < -0.3 is 4.74 Å². The molecule has 0 heterocycles. The highest BCUT2D eigenvalue weighted by Gasteiger charge is 2.27. The van der Waals surface area contributed by atoms with Crippen LogP contribution in [0.4, 0.5) is 5.69 Å². The number of hydrogen-bond acceptors (Lipinski definition) is 5. The highest BCUT2D eigenvalue weighted by atomic mass is 35.5. The summed E-state index contributed by atoms with van der Waals surface area (Å²) in [6, 6.07) is 18.9. The minimum atomic E-state index is -4.06. The van der Waals surface area contributed by atoms with Gasteiger partial charge in [0.1, 0.15) is 12.3 Å². The van der Waals surface area contributed by atoms with Gasteiger partial charge >= 0.3 is 0 Å². The summed E-state index contributed by atoms with van der Waals surface area (Å²) in [5.74, 6) is -0.112. The summed E-state index contributed by atoms with van der Waals surface area (Å²) in [4.78, 5) is 12.5. The van der Waals surface area contributed by atoms with E-state index in [2.05, 4.69) is 10.5 Å². The Labute approximate surface area is 196 Å². The molecule has 10 heteroatoms. The summed E-state index contributed by atoms with van der Waals surface area (Å²) in [5, 5.41) is 4.90. The second kappa shape index (κ2) is 10.5. The average molecular weight is 492 g/mol. The number of carbonyl (C=O) groups excluding carboxylic acids is 1. The monoisotopic (exact) mass is 491 g/mol. The number of carbonyl (C=O) groups is 1. The number of nitrogens with one attached hydrogen (secondary N) is 1. The smallest absolute Gasteiger partial charge is 0.264 e. The SMILES string of the molecule is COc1ccc(S(=O)(=O)N(CC(=O)N/N=C\c2ccc(Cl)cc2)c2ccc(Cl)cc2)cc1. The van der Waals surface area contributed by atoms with Crippen molar-refractivity contribution in [2.45, 2.75) is 4.90 Å². The van der Waals surface area contributed by atoms with Crippen LogP contribution in [0.25, 0.3) is 0 Å². The van der Waals surface area contributed by atoms with E-state index in [-0.39, 0.29) is 10.6 Å². The zero-order valence-electron chi connectivity index (χ0n) is 16.9. The van der Waals surface area contributed by atoms with Crippen molar-refractivity contribution in [3.05, 3.63) is 88.4 Å². The van der Waals surface area contributed by atoms with Crippen LogP contribution in [-0.2, 0) is 14.8 Å². The van der Waals surface area contributed by atoms with E-state index in [1.54, 1.807) is 36.4 Å². The highest BCUT2D eigenvalue weighted by Crippen LogP contribution is 2.26. The van der Waals surface area contributed by atoms with Crippen LogP contribution in [0.2, 0.25) is 10.0 Å². The van der Waals surface area contributed by atoms with Gasteiger partial charge in [-0.1, -0.05) is 35.3 Å². The van der Waals surface area contributed by atoms with E-state index in [0.717, 1.165) is 9.87 Å². The maximum Gasteiger partial charge on any atom is 0.264 e.